The van der Waals surface area contributed by atoms with Crippen molar-refractivity contribution in [2.24, 2.45) is 0 Å². The van der Waals surface area contributed by atoms with Gasteiger partial charge in [-0.3, -0.25) is 9.78 Å². The molecule has 200 valence electrons. The highest BCUT2D eigenvalue weighted by atomic mass is 28.5. The topological polar surface area (TPSA) is 147 Å². The van der Waals surface area contributed by atoms with E-state index in [1.54, 1.807) is 4.57 Å². The van der Waals surface area contributed by atoms with E-state index in [2.05, 4.69) is 70.3 Å². The summed E-state index contributed by atoms with van der Waals surface area (Å²) in [6.07, 6.45) is -0.113. The van der Waals surface area contributed by atoms with Crippen LogP contribution in [0.1, 0.15) is 61.4 Å². The van der Waals surface area contributed by atoms with Gasteiger partial charge in [0.2, 0.25) is 5.95 Å². The summed E-state index contributed by atoms with van der Waals surface area (Å²) in [6, 6.07) is -0.514. The van der Waals surface area contributed by atoms with E-state index in [0.29, 0.717) is 12.3 Å². The molecule has 0 bridgehead atoms. The molecular formula is C23H39N5O6Si2. The third-order valence-corrected chi connectivity index (χ3v) is 18.5. The predicted molar refractivity (Wildman–Crippen MR) is 139 cm³/mol. The van der Waals surface area contributed by atoms with Crippen LogP contribution in [0.4, 0.5) is 5.95 Å². The standard InChI is InChI=1S/C23H39N5O6Si2/c1-11(2)35(12(3)4)31-9-15-18(33-36(34-35,13(5)6)14(7)8)23(30)17(19(23)32-15)28-10-25-16-20(28)26-22(24)27-21(16)29/h10-15,17-19,30H,9H2,1-8H3,(H3,24,26,27,29)/t15-,17?,18-,19+,23+/m1/s1. The molecule has 0 aromatic carbocycles. The Balaban J connectivity index is 1.56. The summed E-state index contributed by atoms with van der Waals surface area (Å²) in [5.41, 5.74) is 5.20. The fourth-order valence-electron chi connectivity index (χ4n) is 6.35. The Morgan fingerprint density at radius 3 is 2.28 bits per heavy atom. The zero-order valence-corrected chi connectivity index (χ0v) is 24.3. The summed E-state index contributed by atoms with van der Waals surface area (Å²) in [5.74, 6) is -0.00967. The highest BCUT2D eigenvalue weighted by Gasteiger charge is 2.79. The van der Waals surface area contributed by atoms with Crippen LogP contribution in [0.25, 0.3) is 11.2 Å². The van der Waals surface area contributed by atoms with Gasteiger partial charge in [-0.15, -0.1) is 0 Å². The zero-order chi connectivity index (χ0) is 26.4. The number of nitrogens with zero attached hydrogens (tertiary/aromatic N) is 3. The fraction of sp³-hybridized carbons (Fsp3) is 0.783. The van der Waals surface area contributed by atoms with Crippen LogP contribution in [0.2, 0.25) is 22.2 Å². The molecule has 4 heterocycles. The molecule has 1 unspecified atom stereocenters. The molecule has 5 rings (SSSR count). The molecule has 11 nitrogen and oxygen atoms in total. The van der Waals surface area contributed by atoms with Crippen LogP contribution in [0, 0.1) is 0 Å². The van der Waals surface area contributed by atoms with Crippen LogP contribution in [-0.2, 0) is 17.7 Å². The van der Waals surface area contributed by atoms with E-state index in [4.69, 9.17) is 23.4 Å². The summed E-state index contributed by atoms with van der Waals surface area (Å²) < 4.78 is 29.2. The summed E-state index contributed by atoms with van der Waals surface area (Å²) in [4.78, 5) is 23.3. The Labute approximate surface area is 213 Å². The SMILES string of the molecule is CC(C)[Si]1(C(C)C)OC[C@H]2O[C@H]3C(n4cnc5c(=O)[nH]c(N)nc54)[C@]3(O)[C@@H]2O[Si](C(C)C)(C(C)C)O1. The number of H-pyrrole nitrogens is 1. The molecule has 13 heteroatoms. The lowest BCUT2D eigenvalue weighted by Crippen LogP contribution is -2.66. The van der Waals surface area contributed by atoms with E-state index >= 15 is 0 Å². The molecule has 2 saturated heterocycles. The average molecular weight is 538 g/mol. The van der Waals surface area contributed by atoms with Crippen LogP contribution in [0.3, 0.4) is 0 Å². The van der Waals surface area contributed by atoms with Crippen LogP contribution in [0.5, 0.6) is 0 Å². The molecule has 0 radical (unpaired) electrons. The molecule has 2 aromatic heterocycles. The summed E-state index contributed by atoms with van der Waals surface area (Å²) >= 11 is 0. The van der Waals surface area contributed by atoms with E-state index in [1.807, 2.05) is 0 Å². The Hall–Kier alpha value is -1.62. The molecule has 1 aliphatic carbocycles. The number of imidazole rings is 1. The number of nitrogen functional groups attached to an aromatic ring is 1. The van der Waals surface area contributed by atoms with Crippen molar-refractivity contribution in [1.29, 1.82) is 0 Å². The Morgan fingerprint density at radius 2 is 1.69 bits per heavy atom. The lowest BCUT2D eigenvalue weighted by molar-refractivity contribution is -0.0754. The monoisotopic (exact) mass is 537 g/mol. The molecule has 0 spiro atoms. The second-order valence-corrected chi connectivity index (χ2v) is 20.6. The molecule has 3 aliphatic rings. The summed E-state index contributed by atoms with van der Waals surface area (Å²) in [7, 11) is -5.63. The van der Waals surface area contributed by atoms with Crippen molar-refractivity contribution >= 4 is 34.2 Å². The van der Waals surface area contributed by atoms with Crippen molar-refractivity contribution in [2.45, 2.75) is 108 Å². The van der Waals surface area contributed by atoms with Gasteiger partial charge < -0.3 is 33.1 Å². The molecular weight excluding hydrogens is 498 g/mol. The van der Waals surface area contributed by atoms with Gasteiger partial charge in [0, 0.05) is 0 Å². The molecule has 2 aromatic rings. The van der Waals surface area contributed by atoms with E-state index in [0.717, 1.165) is 0 Å². The first kappa shape index (κ1) is 26.0. The normalized spacial score (nSPS) is 33.2. The van der Waals surface area contributed by atoms with Gasteiger partial charge in [-0.25, -0.2) is 4.98 Å². The number of aromatic amines is 1. The van der Waals surface area contributed by atoms with Crippen molar-refractivity contribution in [1.82, 2.24) is 19.5 Å². The first-order valence-corrected chi connectivity index (χ1v) is 16.9. The minimum Gasteiger partial charge on any atom is -0.414 e. The van der Waals surface area contributed by atoms with Crippen molar-refractivity contribution in [3.05, 3.63) is 16.7 Å². The summed E-state index contributed by atoms with van der Waals surface area (Å²) in [5, 5.41) is 12.0. The second kappa shape index (κ2) is 8.45. The van der Waals surface area contributed by atoms with E-state index in [1.165, 1.54) is 6.33 Å². The molecule has 0 amide bonds. The lowest BCUT2D eigenvalue weighted by Gasteiger charge is -2.52. The number of nitrogens with two attached hydrogens (primary N) is 1. The maximum atomic E-state index is 12.3. The first-order valence-electron chi connectivity index (χ1n) is 12.9. The van der Waals surface area contributed by atoms with Crippen molar-refractivity contribution in [3.8, 4) is 0 Å². The predicted octanol–water partition coefficient (Wildman–Crippen LogP) is 2.71. The highest BCUT2D eigenvalue weighted by molar-refractivity contribution is 6.84. The number of hydrogen-bond acceptors (Lipinski definition) is 9. The van der Waals surface area contributed by atoms with Crippen molar-refractivity contribution in [2.75, 3.05) is 12.3 Å². The number of hydrogen-bond donors (Lipinski definition) is 3. The van der Waals surface area contributed by atoms with Gasteiger partial charge in [0.1, 0.15) is 23.9 Å². The minimum atomic E-state index is -2.93. The van der Waals surface area contributed by atoms with E-state index in [9.17, 15) is 9.90 Å². The molecule has 2 aliphatic heterocycles. The van der Waals surface area contributed by atoms with Crippen LogP contribution in [-0.4, -0.2) is 72.3 Å². The molecule has 4 N–H and O–H groups in total. The first-order chi connectivity index (χ1) is 16.8. The minimum absolute atomic E-state index is 0.00967. The zero-order valence-electron chi connectivity index (χ0n) is 22.3. The van der Waals surface area contributed by atoms with Crippen molar-refractivity contribution < 1.29 is 22.8 Å². The van der Waals surface area contributed by atoms with Gasteiger partial charge >= 0.3 is 17.1 Å². The molecule has 5 atom stereocenters. The van der Waals surface area contributed by atoms with Gasteiger partial charge in [-0.05, 0) is 22.2 Å². The lowest BCUT2D eigenvalue weighted by atomic mass is 10.1. The number of fused-ring (bicyclic) bond motifs is 4. The average Bonchev–Trinajstić information content (AvgIpc) is 3.02. The smallest absolute Gasteiger partial charge is 0.335 e. The number of aliphatic hydroxyl groups is 1. The maximum Gasteiger partial charge on any atom is 0.335 e. The largest absolute Gasteiger partial charge is 0.414 e. The number of nitrogens with one attached hydrogen (secondary N) is 1. The van der Waals surface area contributed by atoms with Gasteiger partial charge in [0.15, 0.2) is 11.2 Å². The Morgan fingerprint density at radius 1 is 1.08 bits per heavy atom. The van der Waals surface area contributed by atoms with Gasteiger partial charge in [0.25, 0.3) is 5.56 Å². The van der Waals surface area contributed by atoms with Gasteiger partial charge in [-0.2, -0.15) is 4.98 Å². The Kier molecular flexibility index (Phi) is 6.10. The fourth-order valence-corrected chi connectivity index (χ4v) is 17.6. The number of aromatic nitrogens is 4. The Bertz CT molecular complexity index is 1200. The number of ether oxygens (including phenoxy) is 1. The quantitative estimate of drug-likeness (QED) is 0.490. The third kappa shape index (κ3) is 3.43. The highest BCUT2D eigenvalue weighted by Crippen LogP contribution is 2.62. The maximum absolute atomic E-state index is 12.3. The third-order valence-electron chi connectivity index (χ3n) is 8.29. The number of anilines is 1. The van der Waals surface area contributed by atoms with Crippen molar-refractivity contribution in [3.63, 3.8) is 0 Å². The second-order valence-electron chi connectivity index (χ2n) is 11.7. The van der Waals surface area contributed by atoms with E-state index in [-0.39, 0.29) is 33.6 Å². The number of rotatable bonds is 5. The van der Waals surface area contributed by atoms with Crippen LogP contribution >= 0.6 is 0 Å². The van der Waals surface area contributed by atoms with E-state index < -0.39 is 52.6 Å². The van der Waals surface area contributed by atoms with Gasteiger partial charge in [-0.1, -0.05) is 55.4 Å². The summed E-state index contributed by atoms with van der Waals surface area (Å²) in [6.45, 7) is 17.6. The van der Waals surface area contributed by atoms with Crippen LogP contribution < -0.4 is 11.3 Å². The molecule has 1 saturated carbocycles. The molecule has 3 fully saturated rings. The molecule has 36 heavy (non-hydrogen) atoms. The van der Waals surface area contributed by atoms with Gasteiger partial charge in [0.05, 0.1) is 19.0 Å². The van der Waals surface area contributed by atoms with Crippen LogP contribution in [0.15, 0.2) is 11.1 Å².